The Labute approximate surface area is 145 Å². The van der Waals surface area contributed by atoms with Crippen LogP contribution in [0, 0.1) is 19.8 Å². The Bertz CT molecular complexity index is 717. The van der Waals surface area contributed by atoms with Gasteiger partial charge in [0.05, 0.1) is 16.6 Å². The van der Waals surface area contributed by atoms with E-state index in [1.807, 2.05) is 6.92 Å². The number of piperidine rings is 1. The van der Waals surface area contributed by atoms with Gasteiger partial charge >= 0.3 is 5.97 Å². The zero-order valence-electron chi connectivity index (χ0n) is 15.1. The van der Waals surface area contributed by atoms with Crippen molar-refractivity contribution in [1.82, 2.24) is 4.31 Å². The molecule has 6 heteroatoms. The van der Waals surface area contributed by atoms with E-state index in [9.17, 15) is 13.2 Å². The van der Waals surface area contributed by atoms with Gasteiger partial charge in [0.15, 0.2) is 0 Å². The Kier molecular flexibility index (Phi) is 5.71. The summed E-state index contributed by atoms with van der Waals surface area (Å²) >= 11 is 0. The Balaban J connectivity index is 2.41. The average Bonchev–Trinajstić information content (AvgIpc) is 2.49. The van der Waals surface area contributed by atoms with Crippen LogP contribution >= 0.6 is 0 Å². The molecule has 0 bridgehead atoms. The van der Waals surface area contributed by atoms with E-state index in [0.29, 0.717) is 24.6 Å². The molecular weight excluding hydrogens is 326 g/mol. The standard InChI is InChI=1S/C18H27NO4S/c1-12(2)23-18(20)16-10-14(4)15(5)17(11-16)24(21,22)19-8-6-13(3)7-9-19/h10-13H,6-9H2,1-5H3. The van der Waals surface area contributed by atoms with Gasteiger partial charge in [-0.25, -0.2) is 13.2 Å². The van der Waals surface area contributed by atoms with Crippen molar-refractivity contribution < 1.29 is 17.9 Å². The van der Waals surface area contributed by atoms with Crippen molar-refractivity contribution in [3.05, 3.63) is 28.8 Å². The van der Waals surface area contributed by atoms with Crippen LogP contribution in [0.5, 0.6) is 0 Å². The van der Waals surface area contributed by atoms with Gasteiger partial charge < -0.3 is 4.74 Å². The first-order chi connectivity index (χ1) is 11.1. The number of sulfonamides is 1. The second-order valence-corrected chi connectivity index (χ2v) is 8.86. The minimum absolute atomic E-state index is 0.216. The van der Waals surface area contributed by atoms with Crippen LogP contribution in [0.4, 0.5) is 0 Å². The molecule has 1 aliphatic rings. The predicted molar refractivity (Wildman–Crippen MR) is 93.6 cm³/mol. The van der Waals surface area contributed by atoms with Crippen LogP contribution in [0.15, 0.2) is 17.0 Å². The van der Waals surface area contributed by atoms with E-state index in [-0.39, 0.29) is 16.6 Å². The normalized spacial score (nSPS) is 17.2. The highest BCUT2D eigenvalue weighted by molar-refractivity contribution is 7.89. The molecule has 0 radical (unpaired) electrons. The van der Waals surface area contributed by atoms with Crippen molar-refractivity contribution in [2.24, 2.45) is 5.92 Å². The summed E-state index contributed by atoms with van der Waals surface area (Å²) < 4.78 is 32.8. The third kappa shape index (κ3) is 3.98. The molecule has 1 fully saturated rings. The molecule has 134 valence electrons. The minimum atomic E-state index is -3.60. The van der Waals surface area contributed by atoms with E-state index in [1.54, 1.807) is 26.8 Å². The first-order valence-electron chi connectivity index (χ1n) is 8.45. The summed E-state index contributed by atoms with van der Waals surface area (Å²) in [5, 5.41) is 0. The number of esters is 1. The van der Waals surface area contributed by atoms with Crippen LogP contribution < -0.4 is 0 Å². The fourth-order valence-electron chi connectivity index (χ4n) is 2.86. The summed E-state index contributed by atoms with van der Waals surface area (Å²) in [5.74, 6) is 0.0588. The highest BCUT2D eigenvalue weighted by Crippen LogP contribution is 2.28. The van der Waals surface area contributed by atoms with Crippen molar-refractivity contribution in [3.8, 4) is 0 Å². The number of hydrogen-bond donors (Lipinski definition) is 0. The molecular formula is C18H27NO4S. The van der Waals surface area contributed by atoms with E-state index in [4.69, 9.17) is 4.74 Å². The largest absolute Gasteiger partial charge is 0.459 e. The fraction of sp³-hybridized carbons (Fsp3) is 0.611. The number of rotatable bonds is 4. The zero-order valence-corrected chi connectivity index (χ0v) is 15.9. The number of carbonyl (C=O) groups excluding carboxylic acids is 1. The Morgan fingerprint density at radius 1 is 1.21 bits per heavy atom. The highest BCUT2D eigenvalue weighted by atomic mass is 32.2. The first kappa shape index (κ1) is 18.9. The SMILES string of the molecule is Cc1cc(C(=O)OC(C)C)cc(S(=O)(=O)N2CCC(C)CC2)c1C. The summed E-state index contributed by atoms with van der Waals surface area (Å²) in [6.07, 6.45) is 1.49. The Hall–Kier alpha value is -1.40. The van der Waals surface area contributed by atoms with Crippen LogP contribution in [-0.4, -0.2) is 37.9 Å². The van der Waals surface area contributed by atoms with Crippen molar-refractivity contribution in [2.45, 2.75) is 58.5 Å². The summed E-state index contributed by atoms with van der Waals surface area (Å²) in [7, 11) is -3.60. The van der Waals surface area contributed by atoms with Gasteiger partial charge in [-0.1, -0.05) is 6.92 Å². The topological polar surface area (TPSA) is 63.7 Å². The predicted octanol–water partition coefficient (Wildman–Crippen LogP) is 3.29. The molecule has 5 nitrogen and oxygen atoms in total. The van der Waals surface area contributed by atoms with E-state index in [0.717, 1.165) is 18.4 Å². The van der Waals surface area contributed by atoms with Crippen LogP contribution in [0.3, 0.4) is 0 Å². The molecule has 0 N–H and O–H groups in total. The smallest absolute Gasteiger partial charge is 0.338 e. The van der Waals surface area contributed by atoms with Gasteiger partial charge in [-0.15, -0.1) is 0 Å². The van der Waals surface area contributed by atoms with E-state index in [2.05, 4.69) is 6.92 Å². The molecule has 1 saturated heterocycles. The number of benzene rings is 1. The van der Waals surface area contributed by atoms with Crippen molar-refractivity contribution in [1.29, 1.82) is 0 Å². The third-order valence-electron chi connectivity index (χ3n) is 4.56. The van der Waals surface area contributed by atoms with Crippen molar-refractivity contribution in [2.75, 3.05) is 13.1 Å². The lowest BCUT2D eigenvalue weighted by Crippen LogP contribution is -2.38. The average molecular weight is 353 g/mol. The van der Waals surface area contributed by atoms with Crippen molar-refractivity contribution >= 4 is 16.0 Å². The van der Waals surface area contributed by atoms with Crippen LogP contribution in [0.25, 0.3) is 0 Å². The molecule has 1 heterocycles. The molecule has 24 heavy (non-hydrogen) atoms. The molecule has 0 aliphatic carbocycles. The van der Waals surface area contributed by atoms with Gasteiger partial charge in [-0.2, -0.15) is 4.31 Å². The molecule has 0 unspecified atom stereocenters. The molecule has 0 spiro atoms. The van der Waals surface area contributed by atoms with Crippen LogP contribution in [0.2, 0.25) is 0 Å². The second kappa shape index (κ2) is 7.23. The van der Waals surface area contributed by atoms with E-state index in [1.165, 1.54) is 10.4 Å². The maximum atomic E-state index is 13.0. The second-order valence-electron chi connectivity index (χ2n) is 6.96. The summed E-state index contributed by atoms with van der Waals surface area (Å²) in [4.78, 5) is 12.4. The Morgan fingerprint density at radius 2 is 1.79 bits per heavy atom. The molecule has 0 saturated carbocycles. The van der Waals surface area contributed by atoms with Crippen LogP contribution in [0.1, 0.15) is 55.1 Å². The van der Waals surface area contributed by atoms with Crippen molar-refractivity contribution in [3.63, 3.8) is 0 Å². The molecule has 1 aromatic rings. The number of hydrogen-bond acceptors (Lipinski definition) is 4. The lowest BCUT2D eigenvalue weighted by Gasteiger charge is -2.30. The van der Waals surface area contributed by atoms with Gasteiger partial charge in [0, 0.05) is 13.1 Å². The molecule has 2 rings (SSSR count). The van der Waals surface area contributed by atoms with Gasteiger partial charge in [0.2, 0.25) is 10.0 Å². The first-order valence-corrected chi connectivity index (χ1v) is 9.89. The van der Waals surface area contributed by atoms with Gasteiger partial charge in [-0.05, 0) is 69.7 Å². The fourth-order valence-corrected chi connectivity index (χ4v) is 4.65. The number of aryl methyl sites for hydroxylation is 1. The maximum Gasteiger partial charge on any atom is 0.338 e. The molecule has 0 aromatic heterocycles. The zero-order chi connectivity index (χ0) is 18.1. The monoisotopic (exact) mass is 353 g/mol. The summed E-state index contributed by atoms with van der Waals surface area (Å²) in [5.41, 5.74) is 1.75. The van der Waals surface area contributed by atoms with Crippen LogP contribution in [-0.2, 0) is 14.8 Å². The number of ether oxygens (including phenoxy) is 1. The minimum Gasteiger partial charge on any atom is -0.459 e. The lowest BCUT2D eigenvalue weighted by atomic mass is 10.0. The summed E-state index contributed by atoms with van der Waals surface area (Å²) in [6, 6.07) is 3.15. The number of nitrogens with zero attached hydrogens (tertiary/aromatic N) is 1. The number of carbonyl (C=O) groups is 1. The highest BCUT2D eigenvalue weighted by Gasteiger charge is 2.30. The Morgan fingerprint density at radius 3 is 2.33 bits per heavy atom. The van der Waals surface area contributed by atoms with E-state index < -0.39 is 16.0 Å². The maximum absolute atomic E-state index is 13.0. The molecule has 0 amide bonds. The quantitative estimate of drug-likeness (QED) is 0.779. The molecule has 1 aliphatic heterocycles. The van der Waals surface area contributed by atoms with Gasteiger partial charge in [-0.3, -0.25) is 0 Å². The third-order valence-corrected chi connectivity index (χ3v) is 6.58. The van der Waals surface area contributed by atoms with E-state index >= 15 is 0 Å². The van der Waals surface area contributed by atoms with Gasteiger partial charge in [0.25, 0.3) is 0 Å². The lowest BCUT2D eigenvalue weighted by molar-refractivity contribution is 0.0377. The molecule has 0 atom stereocenters. The molecule has 1 aromatic carbocycles. The van der Waals surface area contributed by atoms with Gasteiger partial charge in [0.1, 0.15) is 0 Å². The summed E-state index contributed by atoms with van der Waals surface area (Å²) in [6.45, 7) is 10.3.